The van der Waals surface area contributed by atoms with Crippen LogP contribution in [0.3, 0.4) is 0 Å². The minimum absolute atomic E-state index is 0.197. The highest BCUT2D eigenvalue weighted by Gasteiger charge is 2.25. The first-order valence-corrected chi connectivity index (χ1v) is 9.05. The molecule has 0 bridgehead atoms. The summed E-state index contributed by atoms with van der Waals surface area (Å²) in [7, 11) is 0. The van der Waals surface area contributed by atoms with Gasteiger partial charge in [-0.1, -0.05) is 0 Å². The van der Waals surface area contributed by atoms with E-state index in [0.29, 0.717) is 0 Å². The van der Waals surface area contributed by atoms with Crippen LogP contribution in [-0.2, 0) is 12.8 Å². The lowest BCUT2D eigenvalue weighted by Gasteiger charge is -2.35. The number of thiophene rings is 1. The van der Waals surface area contributed by atoms with E-state index < -0.39 is 0 Å². The third-order valence-corrected chi connectivity index (χ3v) is 5.87. The highest BCUT2D eigenvalue weighted by molar-refractivity contribution is 7.14. The molecule has 1 fully saturated rings. The second-order valence-electron chi connectivity index (χ2n) is 6.11. The van der Waals surface area contributed by atoms with Gasteiger partial charge in [0, 0.05) is 43.4 Å². The Morgan fingerprint density at radius 1 is 1.09 bits per heavy atom. The second kappa shape index (κ2) is 6.28. The number of nitrogens with zero attached hydrogens (tertiary/aromatic N) is 4. The van der Waals surface area contributed by atoms with Crippen molar-refractivity contribution >= 4 is 23.1 Å². The molecule has 2 aliphatic rings. The van der Waals surface area contributed by atoms with E-state index in [9.17, 15) is 4.79 Å². The van der Waals surface area contributed by atoms with Gasteiger partial charge in [-0.2, -0.15) is 0 Å². The monoisotopic (exact) mass is 328 g/mol. The third kappa shape index (κ3) is 2.95. The number of hydrogen-bond acceptors (Lipinski definition) is 5. The number of rotatable bonds is 2. The van der Waals surface area contributed by atoms with Crippen molar-refractivity contribution in [1.29, 1.82) is 0 Å². The molecule has 120 valence electrons. The molecule has 3 heterocycles. The van der Waals surface area contributed by atoms with Crippen LogP contribution in [0.15, 0.2) is 24.7 Å². The molecule has 0 spiro atoms. The van der Waals surface area contributed by atoms with Crippen LogP contribution in [0.5, 0.6) is 0 Å². The normalized spacial score (nSPS) is 17.9. The fourth-order valence-electron chi connectivity index (χ4n) is 3.35. The molecular formula is C17H20N4OS. The SMILES string of the molecule is O=C(c1cc2c(s1)CCCC2)N1CCN(c2cnccn2)CC1. The first-order valence-electron chi connectivity index (χ1n) is 8.23. The summed E-state index contributed by atoms with van der Waals surface area (Å²) in [5.74, 6) is 1.09. The molecule has 0 atom stereocenters. The second-order valence-corrected chi connectivity index (χ2v) is 7.25. The summed E-state index contributed by atoms with van der Waals surface area (Å²) in [5.41, 5.74) is 1.41. The van der Waals surface area contributed by atoms with Crippen LogP contribution in [0, 0.1) is 0 Å². The summed E-state index contributed by atoms with van der Waals surface area (Å²) in [5, 5.41) is 0. The van der Waals surface area contributed by atoms with Gasteiger partial charge in [-0.05, 0) is 37.3 Å². The molecule has 1 aliphatic carbocycles. The first-order chi connectivity index (χ1) is 11.3. The summed E-state index contributed by atoms with van der Waals surface area (Å²) >= 11 is 1.71. The molecular weight excluding hydrogens is 308 g/mol. The molecule has 0 unspecified atom stereocenters. The number of carbonyl (C=O) groups excluding carboxylic acids is 1. The van der Waals surface area contributed by atoms with Gasteiger partial charge in [0.2, 0.25) is 0 Å². The number of carbonyl (C=O) groups is 1. The molecule has 0 N–H and O–H groups in total. The molecule has 2 aromatic heterocycles. The molecule has 1 amide bonds. The standard InChI is InChI=1S/C17H20N4OS/c22-17(15-11-13-3-1-2-4-14(13)23-15)21-9-7-20(8-10-21)16-12-18-5-6-19-16/h5-6,11-12H,1-4,7-10H2. The molecule has 0 aromatic carbocycles. The van der Waals surface area contributed by atoms with Crippen LogP contribution in [0.2, 0.25) is 0 Å². The maximum Gasteiger partial charge on any atom is 0.264 e. The van der Waals surface area contributed by atoms with Crippen molar-refractivity contribution in [1.82, 2.24) is 14.9 Å². The van der Waals surface area contributed by atoms with E-state index in [2.05, 4.69) is 20.9 Å². The van der Waals surface area contributed by atoms with Crippen molar-refractivity contribution in [2.24, 2.45) is 0 Å². The van der Waals surface area contributed by atoms with Crippen molar-refractivity contribution in [2.75, 3.05) is 31.1 Å². The predicted octanol–water partition coefficient (Wildman–Crippen LogP) is 2.38. The van der Waals surface area contributed by atoms with Gasteiger partial charge in [0.05, 0.1) is 11.1 Å². The average molecular weight is 328 g/mol. The molecule has 2 aromatic rings. The van der Waals surface area contributed by atoms with Gasteiger partial charge in [-0.3, -0.25) is 9.78 Å². The van der Waals surface area contributed by atoms with Gasteiger partial charge in [0.25, 0.3) is 5.91 Å². The van der Waals surface area contributed by atoms with Crippen LogP contribution in [-0.4, -0.2) is 47.0 Å². The number of hydrogen-bond donors (Lipinski definition) is 0. The maximum absolute atomic E-state index is 12.8. The lowest BCUT2D eigenvalue weighted by molar-refractivity contribution is 0.0751. The van der Waals surface area contributed by atoms with Crippen molar-refractivity contribution < 1.29 is 4.79 Å². The van der Waals surface area contributed by atoms with E-state index in [1.165, 1.54) is 23.3 Å². The Labute approximate surface area is 140 Å². The van der Waals surface area contributed by atoms with Crippen molar-refractivity contribution in [3.63, 3.8) is 0 Å². The minimum Gasteiger partial charge on any atom is -0.352 e. The van der Waals surface area contributed by atoms with E-state index in [1.54, 1.807) is 29.9 Å². The van der Waals surface area contributed by atoms with Crippen LogP contribution in [0.4, 0.5) is 5.82 Å². The summed E-state index contributed by atoms with van der Waals surface area (Å²) in [6, 6.07) is 2.14. The molecule has 4 rings (SSSR count). The fraction of sp³-hybridized carbons (Fsp3) is 0.471. The number of aryl methyl sites for hydroxylation is 2. The van der Waals surface area contributed by atoms with Crippen LogP contribution < -0.4 is 4.90 Å². The van der Waals surface area contributed by atoms with Crippen LogP contribution in [0.25, 0.3) is 0 Å². The van der Waals surface area contributed by atoms with Gasteiger partial charge < -0.3 is 9.80 Å². The van der Waals surface area contributed by atoms with E-state index in [-0.39, 0.29) is 5.91 Å². The summed E-state index contributed by atoms with van der Waals surface area (Å²) in [6.07, 6.45) is 9.98. The van der Waals surface area contributed by atoms with Gasteiger partial charge in [-0.15, -0.1) is 11.3 Å². The molecule has 0 radical (unpaired) electrons. The average Bonchev–Trinajstić information content (AvgIpc) is 3.06. The zero-order valence-electron chi connectivity index (χ0n) is 13.1. The first kappa shape index (κ1) is 14.6. The summed E-state index contributed by atoms with van der Waals surface area (Å²) in [6.45, 7) is 3.13. The lowest BCUT2D eigenvalue weighted by Crippen LogP contribution is -2.48. The number of aromatic nitrogens is 2. The van der Waals surface area contributed by atoms with E-state index in [1.807, 2.05) is 4.90 Å². The van der Waals surface area contributed by atoms with E-state index in [4.69, 9.17) is 0 Å². The van der Waals surface area contributed by atoms with Crippen molar-refractivity contribution in [2.45, 2.75) is 25.7 Å². The Morgan fingerprint density at radius 3 is 2.65 bits per heavy atom. The van der Waals surface area contributed by atoms with Crippen molar-refractivity contribution in [3.05, 3.63) is 40.0 Å². The van der Waals surface area contributed by atoms with Gasteiger partial charge in [-0.25, -0.2) is 4.98 Å². The molecule has 1 saturated heterocycles. The van der Waals surface area contributed by atoms with E-state index in [0.717, 1.165) is 49.7 Å². The zero-order valence-corrected chi connectivity index (χ0v) is 13.9. The topological polar surface area (TPSA) is 49.3 Å². The maximum atomic E-state index is 12.8. The quantitative estimate of drug-likeness (QED) is 0.849. The Balaban J connectivity index is 1.42. The summed E-state index contributed by atoms with van der Waals surface area (Å²) < 4.78 is 0. The molecule has 23 heavy (non-hydrogen) atoms. The Bertz CT molecular complexity index is 668. The van der Waals surface area contributed by atoms with Gasteiger partial charge >= 0.3 is 0 Å². The lowest BCUT2D eigenvalue weighted by atomic mass is 9.99. The smallest absolute Gasteiger partial charge is 0.264 e. The Kier molecular flexibility index (Phi) is 3.99. The molecule has 1 aliphatic heterocycles. The van der Waals surface area contributed by atoms with Crippen molar-refractivity contribution in [3.8, 4) is 0 Å². The van der Waals surface area contributed by atoms with E-state index >= 15 is 0 Å². The summed E-state index contributed by atoms with van der Waals surface area (Å²) in [4.78, 5) is 27.7. The number of piperazine rings is 1. The Hall–Kier alpha value is -1.95. The Morgan fingerprint density at radius 2 is 1.91 bits per heavy atom. The molecule has 5 nitrogen and oxygen atoms in total. The zero-order chi connectivity index (χ0) is 15.6. The third-order valence-electron chi connectivity index (χ3n) is 4.65. The van der Waals surface area contributed by atoms with Crippen LogP contribution >= 0.6 is 11.3 Å². The molecule has 0 saturated carbocycles. The highest BCUT2D eigenvalue weighted by Crippen LogP contribution is 2.30. The van der Waals surface area contributed by atoms with Gasteiger partial charge in [0.15, 0.2) is 0 Å². The fourth-order valence-corrected chi connectivity index (χ4v) is 4.57. The largest absolute Gasteiger partial charge is 0.352 e. The number of anilines is 1. The number of fused-ring (bicyclic) bond motifs is 1. The van der Waals surface area contributed by atoms with Gasteiger partial charge in [0.1, 0.15) is 5.82 Å². The highest BCUT2D eigenvalue weighted by atomic mass is 32.1. The minimum atomic E-state index is 0.197. The predicted molar refractivity (Wildman–Crippen MR) is 91.1 cm³/mol. The van der Waals surface area contributed by atoms with Crippen LogP contribution in [0.1, 0.15) is 33.0 Å². The number of amides is 1. The molecule has 6 heteroatoms.